The van der Waals surface area contributed by atoms with Crippen LogP contribution in [0.2, 0.25) is 0 Å². The summed E-state index contributed by atoms with van der Waals surface area (Å²) in [6, 6.07) is 7.73. The van der Waals surface area contributed by atoms with Gasteiger partial charge in [-0.1, -0.05) is 18.2 Å². The van der Waals surface area contributed by atoms with Crippen molar-refractivity contribution in [1.82, 2.24) is 15.2 Å². The van der Waals surface area contributed by atoms with Gasteiger partial charge >= 0.3 is 6.03 Å². The molecular weight excluding hydrogens is 304 g/mol. The van der Waals surface area contributed by atoms with Gasteiger partial charge in [-0.15, -0.1) is 0 Å². The minimum Gasteiger partial charge on any atom is -0.336 e. The lowest BCUT2D eigenvalue weighted by Gasteiger charge is -2.22. The number of carbonyl (C=O) groups excluding carboxylic acids is 2. The third-order valence-electron chi connectivity index (χ3n) is 4.71. The van der Waals surface area contributed by atoms with E-state index in [1.54, 1.807) is 0 Å². The van der Waals surface area contributed by atoms with Gasteiger partial charge in [-0.3, -0.25) is 9.78 Å². The van der Waals surface area contributed by atoms with E-state index in [0.29, 0.717) is 13.1 Å². The summed E-state index contributed by atoms with van der Waals surface area (Å²) >= 11 is 0. The topological polar surface area (TPSA) is 74.3 Å². The summed E-state index contributed by atoms with van der Waals surface area (Å²) in [6.45, 7) is 1.25. The summed E-state index contributed by atoms with van der Waals surface area (Å²) in [7, 11) is 0. The van der Waals surface area contributed by atoms with E-state index in [1.165, 1.54) is 4.90 Å². The molecule has 0 bridgehead atoms. The SMILES string of the molecule is O=C(CN1CCNC1=O)Nc1c2c(nc3ccccc13)CCCC2. The molecule has 2 N–H and O–H groups in total. The number of para-hydroxylation sites is 1. The molecule has 0 atom stereocenters. The zero-order valence-corrected chi connectivity index (χ0v) is 13.5. The van der Waals surface area contributed by atoms with Gasteiger partial charge in [0.2, 0.25) is 5.91 Å². The Kier molecular flexibility index (Phi) is 3.80. The van der Waals surface area contributed by atoms with E-state index in [9.17, 15) is 9.59 Å². The lowest BCUT2D eigenvalue weighted by Crippen LogP contribution is -2.36. The van der Waals surface area contributed by atoms with Gasteiger partial charge in [0.05, 0.1) is 11.2 Å². The van der Waals surface area contributed by atoms with Crippen LogP contribution in [0.5, 0.6) is 0 Å². The third-order valence-corrected chi connectivity index (χ3v) is 4.71. The number of nitrogens with one attached hydrogen (secondary N) is 2. The molecular formula is C18H20N4O2. The van der Waals surface area contributed by atoms with E-state index < -0.39 is 0 Å². The van der Waals surface area contributed by atoms with Crippen molar-refractivity contribution in [3.8, 4) is 0 Å². The number of benzene rings is 1. The number of amides is 3. The molecule has 6 heteroatoms. The van der Waals surface area contributed by atoms with E-state index in [0.717, 1.165) is 53.5 Å². The number of aromatic nitrogens is 1. The van der Waals surface area contributed by atoms with Crippen LogP contribution in [0, 0.1) is 0 Å². The van der Waals surface area contributed by atoms with Crippen LogP contribution in [0.15, 0.2) is 24.3 Å². The number of rotatable bonds is 3. The highest BCUT2D eigenvalue weighted by Crippen LogP contribution is 2.33. The zero-order chi connectivity index (χ0) is 16.5. The molecule has 1 aromatic carbocycles. The minimum absolute atomic E-state index is 0.0806. The number of urea groups is 1. The van der Waals surface area contributed by atoms with Gasteiger partial charge in [-0.2, -0.15) is 0 Å². The second kappa shape index (κ2) is 6.11. The Morgan fingerprint density at radius 1 is 1.25 bits per heavy atom. The summed E-state index contributed by atoms with van der Waals surface area (Å²) < 4.78 is 0. The second-order valence-corrected chi connectivity index (χ2v) is 6.34. The maximum Gasteiger partial charge on any atom is 0.317 e. The van der Waals surface area contributed by atoms with Crippen molar-refractivity contribution in [1.29, 1.82) is 0 Å². The minimum atomic E-state index is -0.174. The molecule has 24 heavy (non-hydrogen) atoms. The van der Waals surface area contributed by atoms with E-state index >= 15 is 0 Å². The number of carbonyl (C=O) groups is 2. The average Bonchev–Trinajstić information content (AvgIpc) is 2.99. The first-order valence-corrected chi connectivity index (χ1v) is 8.45. The molecule has 1 aliphatic heterocycles. The number of fused-ring (bicyclic) bond motifs is 2. The summed E-state index contributed by atoms with van der Waals surface area (Å²) in [4.78, 5) is 30.4. The summed E-state index contributed by atoms with van der Waals surface area (Å²) in [5, 5.41) is 6.75. The molecule has 1 fully saturated rings. The second-order valence-electron chi connectivity index (χ2n) is 6.34. The molecule has 6 nitrogen and oxygen atoms in total. The Labute approximate surface area is 140 Å². The molecule has 0 unspecified atom stereocenters. The van der Waals surface area contributed by atoms with E-state index in [1.807, 2.05) is 24.3 Å². The fourth-order valence-corrected chi connectivity index (χ4v) is 3.53. The van der Waals surface area contributed by atoms with Gasteiger partial charge < -0.3 is 15.5 Å². The van der Waals surface area contributed by atoms with E-state index in [4.69, 9.17) is 4.98 Å². The van der Waals surface area contributed by atoms with Crippen molar-refractivity contribution in [3.63, 3.8) is 0 Å². The van der Waals surface area contributed by atoms with Gasteiger partial charge in [0.1, 0.15) is 6.54 Å². The van der Waals surface area contributed by atoms with Crippen LogP contribution in [-0.2, 0) is 17.6 Å². The first-order valence-electron chi connectivity index (χ1n) is 8.45. The Morgan fingerprint density at radius 2 is 2.08 bits per heavy atom. The monoisotopic (exact) mass is 324 g/mol. The Morgan fingerprint density at radius 3 is 2.92 bits per heavy atom. The van der Waals surface area contributed by atoms with Gasteiger partial charge in [0.15, 0.2) is 0 Å². The van der Waals surface area contributed by atoms with Crippen molar-refractivity contribution in [3.05, 3.63) is 35.5 Å². The molecule has 1 aliphatic carbocycles. The standard InChI is InChI=1S/C18H20N4O2/c23-16(11-22-10-9-19-18(22)24)21-17-12-5-1-3-7-14(12)20-15-8-4-2-6-13(15)17/h1,3,5,7H,2,4,6,8-11H2,(H,19,24)(H,20,21,23). The summed E-state index contributed by atoms with van der Waals surface area (Å²) in [5.74, 6) is -0.156. The predicted molar refractivity (Wildman–Crippen MR) is 92.0 cm³/mol. The third kappa shape index (κ3) is 2.68. The highest BCUT2D eigenvalue weighted by Gasteiger charge is 2.24. The van der Waals surface area contributed by atoms with Gasteiger partial charge in [-0.25, -0.2) is 4.79 Å². The fourth-order valence-electron chi connectivity index (χ4n) is 3.53. The van der Waals surface area contributed by atoms with Crippen molar-refractivity contribution in [2.45, 2.75) is 25.7 Å². The van der Waals surface area contributed by atoms with E-state index in [2.05, 4.69) is 10.6 Å². The highest BCUT2D eigenvalue weighted by atomic mass is 16.2. The number of hydrogen-bond donors (Lipinski definition) is 2. The lowest BCUT2D eigenvalue weighted by molar-refractivity contribution is -0.116. The molecule has 0 spiro atoms. The van der Waals surface area contributed by atoms with E-state index in [-0.39, 0.29) is 18.5 Å². The molecule has 4 rings (SSSR count). The number of pyridine rings is 1. The normalized spacial score (nSPS) is 16.8. The zero-order valence-electron chi connectivity index (χ0n) is 13.5. The van der Waals surface area contributed by atoms with Crippen LogP contribution >= 0.6 is 0 Å². The fraction of sp³-hybridized carbons (Fsp3) is 0.389. The van der Waals surface area contributed by atoms with Gasteiger partial charge in [-0.05, 0) is 37.3 Å². The largest absolute Gasteiger partial charge is 0.336 e. The van der Waals surface area contributed by atoms with Crippen LogP contribution in [0.1, 0.15) is 24.1 Å². The molecule has 2 aliphatic rings. The first-order chi connectivity index (χ1) is 11.7. The number of nitrogens with zero attached hydrogens (tertiary/aromatic N) is 2. The van der Waals surface area contributed by atoms with Crippen LogP contribution in [0.25, 0.3) is 10.9 Å². The van der Waals surface area contributed by atoms with Crippen LogP contribution in [0.3, 0.4) is 0 Å². The maximum absolute atomic E-state index is 12.5. The van der Waals surface area contributed by atoms with Crippen molar-refractivity contribution in [2.75, 3.05) is 25.0 Å². The molecule has 124 valence electrons. The Hall–Kier alpha value is -2.63. The first kappa shape index (κ1) is 14.9. The van der Waals surface area contributed by atoms with Crippen molar-refractivity contribution >= 4 is 28.5 Å². The quantitative estimate of drug-likeness (QED) is 0.908. The van der Waals surface area contributed by atoms with Crippen molar-refractivity contribution < 1.29 is 9.59 Å². The van der Waals surface area contributed by atoms with Crippen LogP contribution < -0.4 is 10.6 Å². The average molecular weight is 324 g/mol. The van der Waals surface area contributed by atoms with Crippen LogP contribution in [0.4, 0.5) is 10.5 Å². The lowest BCUT2D eigenvalue weighted by atomic mass is 9.92. The van der Waals surface area contributed by atoms with Gasteiger partial charge in [0, 0.05) is 24.2 Å². The Balaban J connectivity index is 1.67. The summed E-state index contributed by atoms with van der Waals surface area (Å²) in [6.07, 6.45) is 4.15. The maximum atomic E-state index is 12.5. The number of anilines is 1. The Bertz CT molecular complexity index is 818. The smallest absolute Gasteiger partial charge is 0.317 e. The van der Waals surface area contributed by atoms with Gasteiger partial charge in [0.25, 0.3) is 0 Å². The summed E-state index contributed by atoms with van der Waals surface area (Å²) in [5.41, 5.74) is 4.03. The number of aryl methyl sites for hydroxylation is 1. The molecule has 0 radical (unpaired) electrons. The molecule has 1 saturated heterocycles. The molecule has 1 aromatic heterocycles. The number of hydrogen-bond acceptors (Lipinski definition) is 3. The van der Waals surface area contributed by atoms with Crippen LogP contribution in [-0.4, -0.2) is 41.5 Å². The van der Waals surface area contributed by atoms with Crippen molar-refractivity contribution in [2.24, 2.45) is 0 Å². The molecule has 2 heterocycles. The molecule has 0 saturated carbocycles. The highest BCUT2D eigenvalue weighted by molar-refractivity contribution is 6.04. The molecule has 2 aromatic rings. The predicted octanol–water partition coefficient (Wildman–Crippen LogP) is 2.08. The molecule has 3 amide bonds.